The van der Waals surface area contributed by atoms with Crippen molar-refractivity contribution in [3.63, 3.8) is 0 Å². The summed E-state index contributed by atoms with van der Waals surface area (Å²) in [4.78, 5) is 14.4. The van der Waals surface area contributed by atoms with E-state index in [4.69, 9.17) is 0 Å². The molecule has 1 aliphatic heterocycles. The van der Waals surface area contributed by atoms with Gasteiger partial charge in [0.05, 0.1) is 6.04 Å². The predicted molar refractivity (Wildman–Crippen MR) is 77.8 cm³/mol. The molecule has 1 aromatic carbocycles. The number of carbonyl (C=O) groups is 1. The quantitative estimate of drug-likeness (QED) is 0.839. The molecule has 19 heavy (non-hydrogen) atoms. The highest BCUT2D eigenvalue weighted by Crippen LogP contribution is 2.18. The maximum absolute atomic E-state index is 12.6. The number of nitrogens with one attached hydrogen (secondary N) is 1. The van der Waals surface area contributed by atoms with Gasteiger partial charge in [0.1, 0.15) is 0 Å². The molecule has 1 aromatic rings. The van der Waals surface area contributed by atoms with Gasteiger partial charge in [0.2, 0.25) is 5.91 Å². The molecule has 0 saturated carbocycles. The summed E-state index contributed by atoms with van der Waals surface area (Å²) in [6, 6.07) is 8.40. The molecule has 1 amide bonds. The molecule has 0 bridgehead atoms. The molecule has 2 rings (SSSR count). The summed E-state index contributed by atoms with van der Waals surface area (Å²) in [5, 5.41) is 3.34. The van der Waals surface area contributed by atoms with Crippen LogP contribution in [0.15, 0.2) is 36.9 Å². The van der Waals surface area contributed by atoms with Crippen molar-refractivity contribution >= 4 is 5.91 Å². The number of fused-ring (bicyclic) bond motifs is 1. The molecule has 1 N–H and O–H groups in total. The van der Waals surface area contributed by atoms with Crippen molar-refractivity contribution < 1.29 is 4.79 Å². The second kappa shape index (κ2) is 6.02. The van der Waals surface area contributed by atoms with Crippen LogP contribution in [0.5, 0.6) is 0 Å². The number of rotatable bonds is 4. The van der Waals surface area contributed by atoms with Crippen molar-refractivity contribution in [2.75, 3.05) is 6.54 Å². The van der Waals surface area contributed by atoms with Gasteiger partial charge in [-0.1, -0.05) is 30.3 Å². The van der Waals surface area contributed by atoms with Crippen molar-refractivity contribution in [2.24, 2.45) is 0 Å². The predicted octanol–water partition coefficient (Wildman–Crippen LogP) is 2.12. The smallest absolute Gasteiger partial charge is 0.240 e. The summed E-state index contributed by atoms with van der Waals surface area (Å²) in [6.45, 7) is 9.19. The standard InChI is InChI=1S/C16H22N2O/c1-4-9-18(12(2)3)16(19)15-10-13-7-5-6-8-14(13)11-17-15/h4-8,12,15,17H,1,9-11H2,2-3H3/t15-/m1/s1. The third kappa shape index (κ3) is 3.04. The Morgan fingerprint density at radius 1 is 1.47 bits per heavy atom. The normalized spacial score (nSPS) is 17.9. The van der Waals surface area contributed by atoms with E-state index in [2.05, 4.69) is 24.0 Å². The van der Waals surface area contributed by atoms with E-state index in [9.17, 15) is 4.79 Å². The minimum Gasteiger partial charge on any atom is -0.335 e. The number of benzene rings is 1. The van der Waals surface area contributed by atoms with Gasteiger partial charge in [-0.15, -0.1) is 6.58 Å². The van der Waals surface area contributed by atoms with Gasteiger partial charge in [-0.3, -0.25) is 4.79 Å². The zero-order valence-corrected chi connectivity index (χ0v) is 11.7. The molecule has 3 heteroatoms. The van der Waals surface area contributed by atoms with E-state index in [-0.39, 0.29) is 18.0 Å². The summed E-state index contributed by atoms with van der Waals surface area (Å²) in [6.07, 6.45) is 2.56. The first-order chi connectivity index (χ1) is 9.13. The lowest BCUT2D eigenvalue weighted by molar-refractivity contribution is -0.134. The van der Waals surface area contributed by atoms with E-state index in [1.807, 2.05) is 30.9 Å². The van der Waals surface area contributed by atoms with Gasteiger partial charge >= 0.3 is 0 Å². The fraction of sp³-hybridized carbons (Fsp3) is 0.438. The van der Waals surface area contributed by atoms with E-state index in [1.54, 1.807) is 6.08 Å². The van der Waals surface area contributed by atoms with Crippen LogP contribution >= 0.6 is 0 Å². The third-order valence-corrected chi connectivity index (χ3v) is 3.61. The molecule has 0 saturated heterocycles. The second-order valence-corrected chi connectivity index (χ2v) is 5.28. The van der Waals surface area contributed by atoms with Crippen LogP contribution in [-0.2, 0) is 17.8 Å². The van der Waals surface area contributed by atoms with Crippen molar-refractivity contribution in [3.8, 4) is 0 Å². The second-order valence-electron chi connectivity index (χ2n) is 5.28. The van der Waals surface area contributed by atoms with Crippen LogP contribution in [0.4, 0.5) is 0 Å². The molecule has 0 aliphatic carbocycles. The van der Waals surface area contributed by atoms with E-state index >= 15 is 0 Å². The zero-order valence-electron chi connectivity index (χ0n) is 11.7. The Balaban J connectivity index is 2.11. The maximum atomic E-state index is 12.6. The number of nitrogens with zero attached hydrogens (tertiary/aromatic N) is 1. The summed E-state index contributed by atoms with van der Waals surface area (Å²) in [7, 11) is 0. The average molecular weight is 258 g/mol. The van der Waals surface area contributed by atoms with Crippen LogP contribution in [0.25, 0.3) is 0 Å². The molecule has 0 spiro atoms. The molecule has 0 unspecified atom stereocenters. The Labute approximate surface area is 115 Å². The van der Waals surface area contributed by atoms with E-state index < -0.39 is 0 Å². The summed E-state index contributed by atoms with van der Waals surface area (Å²) in [5.74, 6) is 0.171. The van der Waals surface area contributed by atoms with Crippen molar-refractivity contribution in [1.29, 1.82) is 0 Å². The molecule has 1 atom stereocenters. The van der Waals surface area contributed by atoms with Gasteiger partial charge in [0.25, 0.3) is 0 Å². The number of hydrogen-bond donors (Lipinski definition) is 1. The SMILES string of the molecule is C=CCN(C(=O)[C@H]1Cc2ccccc2CN1)C(C)C. The van der Waals surface area contributed by atoms with E-state index in [1.165, 1.54) is 11.1 Å². The average Bonchev–Trinajstić information content (AvgIpc) is 2.43. The first-order valence-electron chi connectivity index (χ1n) is 6.85. The topological polar surface area (TPSA) is 32.3 Å². The van der Waals surface area contributed by atoms with Crippen molar-refractivity contribution in [2.45, 2.75) is 38.9 Å². The lowest BCUT2D eigenvalue weighted by Gasteiger charge is -2.32. The summed E-state index contributed by atoms with van der Waals surface area (Å²) < 4.78 is 0. The fourth-order valence-corrected chi connectivity index (χ4v) is 2.52. The maximum Gasteiger partial charge on any atom is 0.240 e. The van der Waals surface area contributed by atoms with Crippen LogP contribution in [0, 0.1) is 0 Å². The molecule has 3 nitrogen and oxygen atoms in total. The minimum atomic E-state index is -0.114. The highest BCUT2D eigenvalue weighted by molar-refractivity contribution is 5.83. The largest absolute Gasteiger partial charge is 0.335 e. The Bertz CT molecular complexity index is 468. The number of carbonyl (C=O) groups excluding carboxylic acids is 1. The third-order valence-electron chi connectivity index (χ3n) is 3.61. The molecule has 0 radical (unpaired) electrons. The molecule has 0 aromatic heterocycles. The number of amides is 1. The van der Waals surface area contributed by atoms with Gasteiger partial charge < -0.3 is 10.2 Å². The molecular weight excluding hydrogens is 236 g/mol. The zero-order chi connectivity index (χ0) is 13.8. The van der Waals surface area contributed by atoms with E-state index in [0.717, 1.165) is 13.0 Å². The van der Waals surface area contributed by atoms with Gasteiger partial charge in [-0.25, -0.2) is 0 Å². The first kappa shape index (κ1) is 13.8. The van der Waals surface area contributed by atoms with Crippen molar-refractivity contribution in [3.05, 3.63) is 48.0 Å². The Hall–Kier alpha value is -1.61. The Morgan fingerprint density at radius 3 is 2.79 bits per heavy atom. The number of hydrogen-bond acceptors (Lipinski definition) is 2. The van der Waals surface area contributed by atoms with Gasteiger partial charge in [0.15, 0.2) is 0 Å². The van der Waals surface area contributed by atoms with Gasteiger partial charge in [-0.05, 0) is 31.4 Å². The Morgan fingerprint density at radius 2 is 2.16 bits per heavy atom. The first-order valence-corrected chi connectivity index (χ1v) is 6.85. The lowest BCUT2D eigenvalue weighted by atomic mass is 9.95. The van der Waals surface area contributed by atoms with Crippen LogP contribution in [0.3, 0.4) is 0 Å². The fourth-order valence-electron chi connectivity index (χ4n) is 2.52. The molecular formula is C16H22N2O. The molecule has 102 valence electrons. The molecule has 1 aliphatic rings. The minimum absolute atomic E-state index is 0.114. The molecule has 1 heterocycles. The van der Waals surface area contributed by atoms with Gasteiger partial charge in [0, 0.05) is 19.1 Å². The summed E-state index contributed by atoms with van der Waals surface area (Å²) >= 11 is 0. The highest BCUT2D eigenvalue weighted by atomic mass is 16.2. The lowest BCUT2D eigenvalue weighted by Crippen LogP contribution is -2.51. The molecule has 0 fully saturated rings. The van der Waals surface area contributed by atoms with Gasteiger partial charge in [-0.2, -0.15) is 0 Å². The van der Waals surface area contributed by atoms with Crippen LogP contribution in [0.2, 0.25) is 0 Å². The van der Waals surface area contributed by atoms with Crippen molar-refractivity contribution in [1.82, 2.24) is 10.2 Å². The van der Waals surface area contributed by atoms with E-state index in [0.29, 0.717) is 6.54 Å². The van der Waals surface area contributed by atoms with Crippen LogP contribution in [-0.4, -0.2) is 29.4 Å². The monoisotopic (exact) mass is 258 g/mol. The van der Waals surface area contributed by atoms with Crippen LogP contribution in [0.1, 0.15) is 25.0 Å². The van der Waals surface area contributed by atoms with Crippen LogP contribution < -0.4 is 5.32 Å². The summed E-state index contributed by atoms with van der Waals surface area (Å²) in [5.41, 5.74) is 2.58. The Kier molecular flexibility index (Phi) is 4.38. The highest BCUT2D eigenvalue weighted by Gasteiger charge is 2.28.